The maximum Gasteiger partial charge on any atom is 0.410 e. The molecule has 2 aliphatic rings. The summed E-state index contributed by atoms with van der Waals surface area (Å²) in [6.07, 6.45) is 4.06. The topological polar surface area (TPSA) is 89.3 Å². The third kappa shape index (κ3) is 4.11. The molecular formula is C17H27N5O3. The molecular weight excluding hydrogens is 322 g/mol. The lowest BCUT2D eigenvalue weighted by Gasteiger charge is -2.35. The molecule has 0 spiro atoms. The molecule has 0 saturated carbocycles. The summed E-state index contributed by atoms with van der Waals surface area (Å²) in [5.41, 5.74) is -0.572. The summed E-state index contributed by atoms with van der Waals surface area (Å²) in [5.74, 6) is 1.61. The molecule has 1 N–H and O–H groups in total. The van der Waals surface area contributed by atoms with Gasteiger partial charge in [0, 0.05) is 19.5 Å². The number of nitrogens with zero attached hydrogens (tertiary/aromatic N) is 4. The first-order chi connectivity index (χ1) is 11.8. The number of amides is 2. The molecule has 0 unspecified atom stereocenters. The SMILES string of the molecule is CC(C)(C)OC(=O)N1CCCC[C@@H]1C(=O)NCc1nnc2n1CCC2. The van der Waals surface area contributed by atoms with Gasteiger partial charge < -0.3 is 14.6 Å². The minimum Gasteiger partial charge on any atom is -0.444 e. The lowest BCUT2D eigenvalue weighted by Crippen LogP contribution is -2.53. The summed E-state index contributed by atoms with van der Waals surface area (Å²) >= 11 is 0. The zero-order chi connectivity index (χ0) is 18.0. The van der Waals surface area contributed by atoms with Crippen LogP contribution in [0.3, 0.4) is 0 Å². The van der Waals surface area contributed by atoms with Crippen molar-refractivity contribution in [3.8, 4) is 0 Å². The van der Waals surface area contributed by atoms with Crippen LogP contribution < -0.4 is 5.32 Å². The Bertz CT molecular complexity index is 649. The third-order valence-electron chi connectivity index (χ3n) is 4.54. The van der Waals surface area contributed by atoms with Crippen LogP contribution in [0.15, 0.2) is 0 Å². The van der Waals surface area contributed by atoms with Gasteiger partial charge in [-0.25, -0.2) is 4.79 Å². The number of rotatable bonds is 3. The summed E-state index contributed by atoms with van der Waals surface area (Å²) < 4.78 is 7.51. The second-order valence-electron chi connectivity index (χ2n) is 7.69. The van der Waals surface area contributed by atoms with Crippen LogP contribution in [0.5, 0.6) is 0 Å². The Kier molecular flexibility index (Phi) is 4.96. The molecule has 8 nitrogen and oxygen atoms in total. The minimum absolute atomic E-state index is 0.152. The number of fused-ring (bicyclic) bond motifs is 1. The lowest BCUT2D eigenvalue weighted by atomic mass is 10.0. The molecule has 1 saturated heterocycles. The Hall–Kier alpha value is -2.12. The smallest absolute Gasteiger partial charge is 0.410 e. The quantitative estimate of drug-likeness (QED) is 0.896. The minimum atomic E-state index is -0.572. The van der Waals surface area contributed by atoms with Gasteiger partial charge in [-0.2, -0.15) is 0 Å². The van der Waals surface area contributed by atoms with Crippen molar-refractivity contribution in [3.63, 3.8) is 0 Å². The molecule has 0 bridgehead atoms. The molecule has 1 aromatic rings. The van der Waals surface area contributed by atoms with Gasteiger partial charge in [-0.1, -0.05) is 0 Å². The highest BCUT2D eigenvalue weighted by Gasteiger charge is 2.34. The van der Waals surface area contributed by atoms with Gasteiger partial charge in [0.2, 0.25) is 5.91 Å². The second kappa shape index (κ2) is 7.01. The number of piperidine rings is 1. The van der Waals surface area contributed by atoms with E-state index in [2.05, 4.69) is 20.1 Å². The maximum absolute atomic E-state index is 12.7. The fourth-order valence-electron chi connectivity index (χ4n) is 3.37. The van der Waals surface area contributed by atoms with E-state index in [1.165, 1.54) is 0 Å². The zero-order valence-electron chi connectivity index (χ0n) is 15.2. The lowest BCUT2D eigenvalue weighted by molar-refractivity contribution is -0.127. The third-order valence-corrected chi connectivity index (χ3v) is 4.54. The average Bonchev–Trinajstić information content (AvgIpc) is 3.15. The van der Waals surface area contributed by atoms with Crippen molar-refractivity contribution < 1.29 is 14.3 Å². The highest BCUT2D eigenvalue weighted by molar-refractivity contribution is 5.85. The van der Waals surface area contributed by atoms with Crippen LogP contribution in [0, 0.1) is 0 Å². The van der Waals surface area contributed by atoms with Crippen LogP contribution in [-0.2, 0) is 29.0 Å². The van der Waals surface area contributed by atoms with Crippen molar-refractivity contribution in [1.82, 2.24) is 25.0 Å². The average molecular weight is 349 g/mol. The Balaban J connectivity index is 1.61. The molecule has 2 amide bonds. The van der Waals surface area contributed by atoms with Gasteiger partial charge in [0.05, 0.1) is 6.54 Å². The Morgan fingerprint density at radius 3 is 2.76 bits per heavy atom. The van der Waals surface area contributed by atoms with E-state index in [1.807, 2.05) is 20.8 Å². The van der Waals surface area contributed by atoms with Gasteiger partial charge >= 0.3 is 6.09 Å². The van der Waals surface area contributed by atoms with Crippen molar-refractivity contribution >= 4 is 12.0 Å². The molecule has 0 aliphatic carbocycles. The standard InChI is InChI=1S/C17H27N5O3/c1-17(2,3)25-16(24)21-9-5-4-7-12(21)15(23)18-11-14-20-19-13-8-6-10-22(13)14/h12H,4-11H2,1-3H3,(H,18,23)/t12-/m1/s1. The van der Waals surface area contributed by atoms with Crippen molar-refractivity contribution in [1.29, 1.82) is 0 Å². The number of carbonyl (C=O) groups excluding carboxylic acids is 2. The van der Waals surface area contributed by atoms with E-state index in [0.717, 1.165) is 43.9 Å². The normalized spacial score (nSPS) is 20.3. The number of aromatic nitrogens is 3. The molecule has 3 heterocycles. The summed E-state index contributed by atoms with van der Waals surface area (Å²) in [6.45, 7) is 7.28. The maximum atomic E-state index is 12.7. The fourth-order valence-corrected chi connectivity index (χ4v) is 3.37. The molecule has 1 aromatic heterocycles. The molecule has 0 aromatic carbocycles. The highest BCUT2D eigenvalue weighted by atomic mass is 16.6. The van der Waals surface area contributed by atoms with Crippen molar-refractivity contribution in [2.75, 3.05) is 6.54 Å². The molecule has 3 rings (SSSR count). The molecule has 138 valence electrons. The first kappa shape index (κ1) is 17.7. The Labute approximate surface area is 147 Å². The van der Waals surface area contributed by atoms with Gasteiger partial charge in [-0.3, -0.25) is 9.69 Å². The highest BCUT2D eigenvalue weighted by Crippen LogP contribution is 2.21. The molecule has 1 atom stereocenters. The Morgan fingerprint density at radius 2 is 2.00 bits per heavy atom. The van der Waals surface area contributed by atoms with Gasteiger partial charge in [0.25, 0.3) is 0 Å². The number of nitrogens with one attached hydrogen (secondary N) is 1. The summed E-state index contributed by atoms with van der Waals surface area (Å²) in [5, 5.41) is 11.2. The zero-order valence-corrected chi connectivity index (χ0v) is 15.2. The van der Waals surface area contributed by atoms with Gasteiger partial charge in [-0.05, 0) is 46.5 Å². The van der Waals surface area contributed by atoms with Crippen LogP contribution in [0.2, 0.25) is 0 Å². The summed E-state index contributed by atoms with van der Waals surface area (Å²) in [7, 11) is 0. The second-order valence-corrected chi connectivity index (χ2v) is 7.69. The van der Waals surface area contributed by atoms with E-state index < -0.39 is 17.7 Å². The Morgan fingerprint density at radius 1 is 1.20 bits per heavy atom. The van der Waals surface area contributed by atoms with Crippen molar-refractivity contribution in [2.24, 2.45) is 0 Å². The number of ether oxygens (including phenoxy) is 1. The van der Waals surface area contributed by atoms with Gasteiger partial charge in [0.1, 0.15) is 17.5 Å². The largest absolute Gasteiger partial charge is 0.444 e. The number of likely N-dealkylation sites (tertiary alicyclic amines) is 1. The van der Waals surface area contributed by atoms with E-state index in [9.17, 15) is 9.59 Å². The van der Waals surface area contributed by atoms with Crippen LogP contribution >= 0.6 is 0 Å². The number of carbonyl (C=O) groups is 2. The molecule has 25 heavy (non-hydrogen) atoms. The summed E-state index contributed by atoms with van der Waals surface area (Å²) in [4.78, 5) is 26.6. The van der Waals surface area contributed by atoms with E-state index in [-0.39, 0.29) is 5.91 Å². The first-order valence-electron chi connectivity index (χ1n) is 9.03. The number of aryl methyl sites for hydroxylation is 1. The summed E-state index contributed by atoms with van der Waals surface area (Å²) in [6, 6.07) is -0.482. The predicted octanol–water partition coefficient (Wildman–Crippen LogP) is 1.63. The van der Waals surface area contributed by atoms with Crippen molar-refractivity contribution in [3.05, 3.63) is 11.6 Å². The van der Waals surface area contributed by atoms with E-state index in [1.54, 1.807) is 4.90 Å². The molecule has 2 aliphatic heterocycles. The van der Waals surface area contributed by atoms with Crippen molar-refractivity contribution in [2.45, 2.75) is 77.6 Å². The van der Waals surface area contributed by atoms with E-state index in [0.29, 0.717) is 19.5 Å². The van der Waals surface area contributed by atoms with E-state index in [4.69, 9.17) is 4.74 Å². The predicted molar refractivity (Wildman–Crippen MR) is 90.8 cm³/mol. The number of hydrogen-bond acceptors (Lipinski definition) is 5. The fraction of sp³-hybridized carbons (Fsp3) is 0.765. The van der Waals surface area contributed by atoms with Crippen LogP contribution in [-0.4, -0.2) is 49.9 Å². The van der Waals surface area contributed by atoms with Crippen LogP contribution in [0.1, 0.15) is 58.1 Å². The first-order valence-corrected chi connectivity index (χ1v) is 9.03. The molecule has 8 heteroatoms. The molecule has 0 radical (unpaired) electrons. The van der Waals surface area contributed by atoms with Gasteiger partial charge in [-0.15, -0.1) is 10.2 Å². The van der Waals surface area contributed by atoms with E-state index >= 15 is 0 Å². The number of hydrogen-bond donors (Lipinski definition) is 1. The molecule has 1 fully saturated rings. The van der Waals surface area contributed by atoms with Crippen LogP contribution in [0.4, 0.5) is 4.79 Å². The van der Waals surface area contributed by atoms with Crippen LogP contribution in [0.25, 0.3) is 0 Å². The van der Waals surface area contributed by atoms with Gasteiger partial charge in [0.15, 0.2) is 5.82 Å². The monoisotopic (exact) mass is 349 g/mol.